The highest BCUT2D eigenvalue weighted by atomic mass is 32.2. The van der Waals surface area contributed by atoms with Crippen molar-refractivity contribution in [3.05, 3.63) is 42.5 Å². The summed E-state index contributed by atoms with van der Waals surface area (Å²) in [6, 6.07) is 13.5. The molecule has 2 aliphatic heterocycles. The van der Waals surface area contributed by atoms with Gasteiger partial charge in [0.05, 0.1) is 18.9 Å². The molecule has 142 valence electrons. The highest BCUT2D eigenvalue weighted by molar-refractivity contribution is 8.14. The van der Waals surface area contributed by atoms with Gasteiger partial charge in [0.2, 0.25) is 5.91 Å². The number of hydrazone groups is 1. The lowest BCUT2D eigenvalue weighted by Gasteiger charge is -2.19. The average molecular weight is 395 g/mol. The van der Waals surface area contributed by atoms with E-state index in [2.05, 4.69) is 20.4 Å². The van der Waals surface area contributed by atoms with Gasteiger partial charge in [-0.3, -0.25) is 9.59 Å². The van der Waals surface area contributed by atoms with Crippen LogP contribution < -0.4 is 5.32 Å². The number of nitrogens with one attached hydrogen (secondary N) is 1. The predicted octanol–water partition coefficient (Wildman–Crippen LogP) is 1.72. The van der Waals surface area contributed by atoms with Crippen molar-refractivity contribution >= 4 is 57.3 Å². The number of aliphatic imine (C=N–C) groups is 2. The van der Waals surface area contributed by atoms with Crippen LogP contribution in [0.2, 0.25) is 0 Å². The number of fused-ring (bicyclic) bond motifs is 2. The Kier molecular flexibility index (Phi) is 5.18. The monoisotopic (exact) mass is 395 g/mol. The van der Waals surface area contributed by atoms with Crippen molar-refractivity contribution in [2.45, 2.75) is 0 Å². The number of amides is 2. The minimum atomic E-state index is -0.611. The smallest absolute Gasteiger partial charge is 0.264 e. The van der Waals surface area contributed by atoms with Gasteiger partial charge in [-0.2, -0.15) is 10.1 Å². The Morgan fingerprint density at radius 3 is 2.86 bits per heavy atom. The summed E-state index contributed by atoms with van der Waals surface area (Å²) in [6.07, 6.45) is 1.47. The zero-order valence-corrected chi connectivity index (χ0v) is 15.6. The summed E-state index contributed by atoms with van der Waals surface area (Å²) in [5.74, 6) is -0.691. The molecule has 1 atom stereocenters. The van der Waals surface area contributed by atoms with Gasteiger partial charge in [0.25, 0.3) is 5.91 Å². The number of hydrogen-bond acceptors (Lipinski definition) is 7. The maximum Gasteiger partial charge on any atom is 0.264 e. The molecule has 2 heterocycles. The molecule has 2 aromatic rings. The first-order valence-corrected chi connectivity index (χ1v) is 9.68. The molecule has 8 nitrogen and oxygen atoms in total. The second-order valence-electron chi connectivity index (χ2n) is 6.16. The van der Waals surface area contributed by atoms with Crippen molar-refractivity contribution in [1.82, 2.24) is 5.01 Å². The summed E-state index contributed by atoms with van der Waals surface area (Å²) in [4.78, 5) is 32.8. The normalized spacial score (nSPS) is 18.1. The number of carbonyl (C=O) groups excluding carboxylic acids is 2. The van der Waals surface area contributed by atoms with Crippen LogP contribution in [0.5, 0.6) is 0 Å². The van der Waals surface area contributed by atoms with E-state index >= 15 is 0 Å². The van der Waals surface area contributed by atoms with Crippen LogP contribution in [0.25, 0.3) is 10.8 Å². The van der Waals surface area contributed by atoms with E-state index < -0.39 is 5.92 Å². The molecule has 0 radical (unpaired) electrons. The first kappa shape index (κ1) is 18.3. The van der Waals surface area contributed by atoms with Gasteiger partial charge in [-0.15, -0.1) is 0 Å². The standard InChI is InChI=1S/C19H17N5O3S/c25-9-8-24-17-14(10-20-24)18(27)23-19(22-17)28-11-16(26)21-15-7-3-5-12-4-1-2-6-13(12)15/h1-7,10,14,25H,8-9,11H2,(H,21,26). The summed E-state index contributed by atoms with van der Waals surface area (Å²) >= 11 is 1.09. The van der Waals surface area contributed by atoms with Crippen molar-refractivity contribution in [3.63, 3.8) is 0 Å². The zero-order valence-electron chi connectivity index (χ0n) is 14.8. The van der Waals surface area contributed by atoms with Gasteiger partial charge in [0.15, 0.2) is 5.17 Å². The van der Waals surface area contributed by atoms with E-state index in [9.17, 15) is 9.59 Å². The molecule has 2 aromatic carbocycles. The SMILES string of the molecule is O=C(CSC1=NC(=O)C2C=NN(CCO)C2=N1)Nc1cccc2ccccc12. The van der Waals surface area contributed by atoms with Crippen LogP contribution in [-0.4, -0.2) is 58.1 Å². The minimum Gasteiger partial charge on any atom is -0.394 e. The molecule has 0 aliphatic carbocycles. The molecule has 0 saturated carbocycles. The van der Waals surface area contributed by atoms with E-state index in [4.69, 9.17) is 5.11 Å². The maximum atomic E-state index is 12.4. The van der Waals surface area contributed by atoms with Crippen LogP contribution in [0.15, 0.2) is 57.6 Å². The fourth-order valence-corrected chi connectivity index (χ4v) is 3.65. The van der Waals surface area contributed by atoms with Crippen molar-refractivity contribution in [1.29, 1.82) is 0 Å². The number of nitrogens with zero attached hydrogens (tertiary/aromatic N) is 4. The highest BCUT2D eigenvalue weighted by Gasteiger charge is 2.35. The largest absolute Gasteiger partial charge is 0.394 e. The third kappa shape index (κ3) is 3.67. The van der Waals surface area contributed by atoms with Gasteiger partial charge in [0, 0.05) is 17.3 Å². The number of β-amino-alcohol motifs (C(OH)–C–C–N with tert-alkyl or cyclic N) is 1. The Morgan fingerprint density at radius 2 is 2.00 bits per heavy atom. The second kappa shape index (κ2) is 7.91. The number of hydrogen-bond donors (Lipinski definition) is 2. The number of aliphatic hydroxyl groups excluding tert-OH is 1. The van der Waals surface area contributed by atoms with Crippen LogP contribution in [0.1, 0.15) is 0 Å². The third-order valence-corrected chi connectivity index (χ3v) is 5.14. The maximum absolute atomic E-state index is 12.4. The molecular weight excluding hydrogens is 378 g/mol. The molecule has 0 fully saturated rings. The van der Waals surface area contributed by atoms with Crippen LogP contribution in [0, 0.1) is 5.92 Å². The molecule has 0 bridgehead atoms. The molecule has 28 heavy (non-hydrogen) atoms. The van der Waals surface area contributed by atoms with Crippen molar-refractivity contribution in [2.24, 2.45) is 21.0 Å². The molecule has 2 N–H and O–H groups in total. The molecule has 2 amide bonds. The molecule has 0 saturated heterocycles. The van der Waals surface area contributed by atoms with Crippen LogP contribution in [-0.2, 0) is 9.59 Å². The quantitative estimate of drug-likeness (QED) is 0.802. The number of aliphatic hydroxyl groups is 1. The minimum absolute atomic E-state index is 0.0671. The topological polar surface area (TPSA) is 107 Å². The summed E-state index contributed by atoms with van der Waals surface area (Å²) in [7, 11) is 0. The number of amidine groups is 2. The van der Waals surface area contributed by atoms with E-state index in [1.54, 1.807) is 0 Å². The van der Waals surface area contributed by atoms with Crippen LogP contribution >= 0.6 is 11.8 Å². The molecule has 0 aromatic heterocycles. The Labute approximate surface area is 165 Å². The first-order valence-electron chi connectivity index (χ1n) is 8.70. The lowest BCUT2D eigenvalue weighted by molar-refractivity contribution is -0.118. The van der Waals surface area contributed by atoms with Gasteiger partial charge >= 0.3 is 0 Å². The Balaban J connectivity index is 1.42. The van der Waals surface area contributed by atoms with E-state index in [-0.39, 0.29) is 35.9 Å². The number of rotatable bonds is 5. The molecule has 4 rings (SSSR count). The molecule has 0 spiro atoms. The molecule has 2 aliphatic rings. The Hall–Kier alpha value is -3.04. The molecule has 1 unspecified atom stereocenters. The first-order chi connectivity index (χ1) is 13.7. The summed E-state index contributed by atoms with van der Waals surface area (Å²) < 4.78 is 0. The second-order valence-corrected chi connectivity index (χ2v) is 7.10. The van der Waals surface area contributed by atoms with Crippen molar-refractivity contribution in [2.75, 3.05) is 24.2 Å². The zero-order chi connectivity index (χ0) is 19.5. The van der Waals surface area contributed by atoms with Crippen molar-refractivity contribution in [3.8, 4) is 0 Å². The van der Waals surface area contributed by atoms with E-state index in [1.807, 2.05) is 42.5 Å². The lowest BCUT2D eigenvalue weighted by Crippen LogP contribution is -2.35. The molecule has 9 heteroatoms. The van der Waals surface area contributed by atoms with Gasteiger partial charge < -0.3 is 10.4 Å². The number of benzene rings is 2. The van der Waals surface area contributed by atoms with Gasteiger partial charge in [-0.1, -0.05) is 48.2 Å². The third-order valence-electron chi connectivity index (χ3n) is 4.29. The van der Waals surface area contributed by atoms with Crippen LogP contribution in [0.3, 0.4) is 0 Å². The van der Waals surface area contributed by atoms with E-state index in [0.717, 1.165) is 28.2 Å². The highest BCUT2D eigenvalue weighted by Crippen LogP contribution is 2.24. The number of anilines is 1. The summed E-state index contributed by atoms with van der Waals surface area (Å²) in [6.45, 7) is 0.142. The average Bonchev–Trinajstić information content (AvgIpc) is 3.10. The number of carbonyl (C=O) groups is 2. The predicted molar refractivity (Wildman–Crippen MR) is 111 cm³/mol. The van der Waals surface area contributed by atoms with Gasteiger partial charge in [-0.05, 0) is 11.5 Å². The summed E-state index contributed by atoms with van der Waals surface area (Å²) in [5.41, 5.74) is 0.732. The lowest BCUT2D eigenvalue weighted by atomic mass is 10.1. The van der Waals surface area contributed by atoms with Crippen LogP contribution in [0.4, 0.5) is 5.69 Å². The van der Waals surface area contributed by atoms with E-state index in [1.165, 1.54) is 11.2 Å². The Morgan fingerprint density at radius 1 is 1.18 bits per heavy atom. The fraction of sp³-hybridized carbons (Fsp3) is 0.211. The van der Waals surface area contributed by atoms with Gasteiger partial charge in [0.1, 0.15) is 11.8 Å². The number of thioether (sulfide) groups is 1. The Bertz CT molecular complexity index is 1030. The van der Waals surface area contributed by atoms with Crippen molar-refractivity contribution < 1.29 is 14.7 Å². The van der Waals surface area contributed by atoms with Gasteiger partial charge in [-0.25, -0.2) is 10.0 Å². The fourth-order valence-electron chi connectivity index (χ4n) is 3.00. The summed E-state index contributed by atoms with van der Waals surface area (Å²) in [5, 5.41) is 19.8. The van der Waals surface area contributed by atoms with E-state index in [0.29, 0.717) is 5.84 Å². The molecular formula is C19H17N5O3S.